The Balaban J connectivity index is 1.66. The Hall–Kier alpha value is -2.95. The Morgan fingerprint density at radius 1 is 1.22 bits per heavy atom. The fraction of sp³-hybridized carbons (Fsp3) is 0.100. The van der Waals surface area contributed by atoms with E-state index >= 15 is 0 Å². The maximum atomic E-state index is 11.0. The summed E-state index contributed by atoms with van der Waals surface area (Å²) in [5.41, 5.74) is 3.00. The molecule has 2 N–H and O–H groups in total. The first kappa shape index (κ1) is 18.8. The number of carbonyl (C=O) groups is 1. The molecule has 1 aromatic heterocycles. The molecule has 2 aromatic carbocycles. The number of rotatable bonds is 5. The second-order valence-electron chi connectivity index (χ2n) is 5.53. The minimum atomic E-state index is -0.996. The number of anilines is 1. The highest BCUT2D eigenvalue weighted by molar-refractivity contribution is 8.00. The number of benzene rings is 2. The standard InChI is InChI=1S/C20H16N2O3S2/c1-13-3-5-14(6-4-13)7-10-18-21-19(12-26-18)27-22-16-9-8-15(20(23)24)11-17(16)25-2/h3-6,8-9,11-12,22H,1-2H3,(H,23,24). The summed E-state index contributed by atoms with van der Waals surface area (Å²) in [7, 11) is 1.50. The summed E-state index contributed by atoms with van der Waals surface area (Å²) in [5, 5.41) is 12.5. The summed E-state index contributed by atoms with van der Waals surface area (Å²) in [6, 6.07) is 12.7. The highest BCUT2D eigenvalue weighted by atomic mass is 32.2. The van der Waals surface area contributed by atoms with Crippen molar-refractivity contribution < 1.29 is 14.6 Å². The van der Waals surface area contributed by atoms with E-state index in [2.05, 4.69) is 21.5 Å². The van der Waals surface area contributed by atoms with Crippen molar-refractivity contribution in [3.05, 3.63) is 69.5 Å². The van der Waals surface area contributed by atoms with Crippen molar-refractivity contribution >= 4 is 34.9 Å². The molecule has 0 spiro atoms. The number of hydrogen-bond acceptors (Lipinski definition) is 6. The smallest absolute Gasteiger partial charge is 0.335 e. The van der Waals surface area contributed by atoms with E-state index in [1.165, 1.54) is 48.1 Å². The molecule has 136 valence electrons. The number of methoxy groups -OCH3 is 1. The average molecular weight is 396 g/mol. The van der Waals surface area contributed by atoms with Crippen molar-refractivity contribution in [3.8, 4) is 17.6 Å². The van der Waals surface area contributed by atoms with Crippen molar-refractivity contribution in [2.75, 3.05) is 11.8 Å². The van der Waals surface area contributed by atoms with Crippen LogP contribution in [0.15, 0.2) is 52.9 Å². The van der Waals surface area contributed by atoms with Gasteiger partial charge < -0.3 is 14.6 Å². The number of aromatic carboxylic acids is 1. The molecule has 3 aromatic rings. The molecule has 3 rings (SSSR count). The number of thiazole rings is 1. The molecule has 0 saturated carbocycles. The molecule has 5 nitrogen and oxygen atoms in total. The minimum Gasteiger partial charge on any atom is -0.495 e. The molecule has 0 fully saturated rings. The fourth-order valence-corrected chi connectivity index (χ4v) is 3.58. The molecule has 0 bridgehead atoms. The predicted octanol–water partition coefficient (Wildman–Crippen LogP) is 4.68. The Labute approximate surface area is 165 Å². The molecule has 0 unspecified atom stereocenters. The minimum absolute atomic E-state index is 0.171. The lowest BCUT2D eigenvalue weighted by atomic mass is 10.2. The Kier molecular flexibility index (Phi) is 6.01. The van der Waals surface area contributed by atoms with Gasteiger partial charge in [-0.15, -0.1) is 11.3 Å². The van der Waals surface area contributed by atoms with E-state index in [-0.39, 0.29) is 5.56 Å². The lowest BCUT2D eigenvalue weighted by molar-refractivity contribution is 0.0696. The number of aryl methyl sites for hydroxylation is 1. The fourth-order valence-electron chi connectivity index (χ4n) is 2.14. The molecule has 0 aliphatic rings. The lowest BCUT2D eigenvalue weighted by Crippen LogP contribution is -1.99. The van der Waals surface area contributed by atoms with Crippen LogP contribution in [0.5, 0.6) is 5.75 Å². The van der Waals surface area contributed by atoms with Gasteiger partial charge in [0.15, 0.2) is 5.01 Å². The number of hydrogen-bond donors (Lipinski definition) is 2. The van der Waals surface area contributed by atoms with Gasteiger partial charge in [0.05, 0.1) is 18.4 Å². The van der Waals surface area contributed by atoms with Crippen LogP contribution in [-0.2, 0) is 0 Å². The summed E-state index contributed by atoms with van der Waals surface area (Å²) < 4.78 is 8.38. The van der Waals surface area contributed by atoms with Crippen LogP contribution in [0.25, 0.3) is 0 Å². The first-order valence-corrected chi connectivity index (χ1v) is 9.63. The van der Waals surface area contributed by atoms with E-state index in [1.54, 1.807) is 6.07 Å². The van der Waals surface area contributed by atoms with Crippen LogP contribution in [0.1, 0.15) is 26.5 Å². The van der Waals surface area contributed by atoms with Gasteiger partial charge in [-0.2, -0.15) is 0 Å². The first-order valence-electron chi connectivity index (χ1n) is 7.93. The zero-order valence-electron chi connectivity index (χ0n) is 14.6. The van der Waals surface area contributed by atoms with Crippen LogP contribution in [-0.4, -0.2) is 23.2 Å². The van der Waals surface area contributed by atoms with Gasteiger partial charge in [-0.3, -0.25) is 0 Å². The number of aromatic nitrogens is 1. The normalized spacial score (nSPS) is 10.0. The molecule has 7 heteroatoms. The Morgan fingerprint density at radius 3 is 2.70 bits per heavy atom. The molecule has 0 radical (unpaired) electrons. The van der Waals surface area contributed by atoms with Gasteiger partial charge in [-0.05, 0) is 43.2 Å². The zero-order chi connectivity index (χ0) is 19.2. The van der Waals surface area contributed by atoms with Crippen molar-refractivity contribution in [3.63, 3.8) is 0 Å². The van der Waals surface area contributed by atoms with Crippen LogP contribution in [0.2, 0.25) is 0 Å². The molecule has 0 aliphatic heterocycles. The molecular weight excluding hydrogens is 380 g/mol. The monoisotopic (exact) mass is 396 g/mol. The second kappa shape index (κ2) is 8.62. The van der Waals surface area contributed by atoms with Crippen LogP contribution in [0.4, 0.5) is 5.69 Å². The van der Waals surface area contributed by atoms with Crippen molar-refractivity contribution in [2.45, 2.75) is 11.9 Å². The second-order valence-corrected chi connectivity index (χ2v) is 7.22. The molecule has 0 amide bonds. The third-order valence-corrected chi connectivity index (χ3v) is 5.21. The predicted molar refractivity (Wildman–Crippen MR) is 109 cm³/mol. The highest BCUT2D eigenvalue weighted by Gasteiger charge is 2.10. The van der Waals surface area contributed by atoms with Crippen LogP contribution in [0, 0.1) is 18.8 Å². The highest BCUT2D eigenvalue weighted by Crippen LogP contribution is 2.30. The van der Waals surface area contributed by atoms with Crippen LogP contribution in [0.3, 0.4) is 0 Å². The number of ether oxygens (including phenoxy) is 1. The summed E-state index contributed by atoms with van der Waals surface area (Å²) in [6.45, 7) is 2.04. The average Bonchev–Trinajstić information content (AvgIpc) is 3.13. The Morgan fingerprint density at radius 2 is 2.00 bits per heavy atom. The summed E-state index contributed by atoms with van der Waals surface area (Å²) >= 11 is 2.78. The van der Waals surface area contributed by atoms with Gasteiger partial charge in [-0.1, -0.05) is 23.6 Å². The Bertz CT molecular complexity index is 1020. The summed E-state index contributed by atoms with van der Waals surface area (Å²) in [5.74, 6) is 5.63. The topological polar surface area (TPSA) is 71.5 Å². The summed E-state index contributed by atoms with van der Waals surface area (Å²) in [4.78, 5) is 15.5. The third kappa shape index (κ3) is 5.03. The molecule has 0 aliphatic carbocycles. The van der Waals surface area contributed by atoms with Crippen molar-refractivity contribution in [1.29, 1.82) is 0 Å². The van der Waals surface area contributed by atoms with Crippen LogP contribution < -0.4 is 9.46 Å². The van der Waals surface area contributed by atoms with Crippen molar-refractivity contribution in [1.82, 2.24) is 4.98 Å². The van der Waals surface area contributed by atoms with E-state index in [0.29, 0.717) is 11.4 Å². The number of nitrogens with one attached hydrogen (secondary N) is 1. The van der Waals surface area contributed by atoms with Gasteiger partial charge >= 0.3 is 5.97 Å². The van der Waals surface area contributed by atoms with E-state index < -0.39 is 5.97 Å². The largest absolute Gasteiger partial charge is 0.495 e. The van der Waals surface area contributed by atoms with Gasteiger partial charge in [0.1, 0.15) is 10.8 Å². The van der Waals surface area contributed by atoms with E-state index in [9.17, 15) is 4.79 Å². The van der Waals surface area contributed by atoms with Gasteiger partial charge in [0, 0.05) is 22.9 Å². The first-order chi connectivity index (χ1) is 13.0. The number of carboxylic acid groups (broad SMARTS) is 1. The summed E-state index contributed by atoms with van der Waals surface area (Å²) in [6.07, 6.45) is 0. The molecule has 0 atom stereocenters. The van der Waals surface area contributed by atoms with Gasteiger partial charge in [0.25, 0.3) is 0 Å². The zero-order valence-corrected chi connectivity index (χ0v) is 16.3. The van der Waals surface area contributed by atoms with E-state index in [0.717, 1.165) is 15.6 Å². The van der Waals surface area contributed by atoms with Gasteiger partial charge in [0.2, 0.25) is 0 Å². The maximum Gasteiger partial charge on any atom is 0.335 e. The molecule has 27 heavy (non-hydrogen) atoms. The molecular formula is C20H16N2O3S2. The quantitative estimate of drug-likeness (QED) is 0.482. The molecule has 1 heterocycles. The van der Waals surface area contributed by atoms with E-state index in [4.69, 9.17) is 9.84 Å². The third-order valence-electron chi connectivity index (χ3n) is 3.56. The number of carboxylic acids is 1. The van der Waals surface area contributed by atoms with E-state index in [1.807, 2.05) is 36.6 Å². The number of nitrogens with zero attached hydrogens (tertiary/aromatic N) is 1. The molecule has 0 saturated heterocycles. The van der Waals surface area contributed by atoms with Gasteiger partial charge in [-0.25, -0.2) is 9.78 Å². The lowest BCUT2D eigenvalue weighted by Gasteiger charge is -2.10. The SMILES string of the molecule is COc1cc(C(=O)O)ccc1NSc1csc(C#Cc2ccc(C)cc2)n1. The maximum absolute atomic E-state index is 11.0. The van der Waals surface area contributed by atoms with Crippen molar-refractivity contribution in [2.24, 2.45) is 0 Å². The van der Waals surface area contributed by atoms with Crippen LogP contribution >= 0.6 is 23.3 Å².